The largest absolute Gasteiger partial charge is 0.497 e. The van der Waals surface area contributed by atoms with Gasteiger partial charge < -0.3 is 19.5 Å². The molecule has 0 atom stereocenters. The van der Waals surface area contributed by atoms with E-state index in [9.17, 15) is 4.79 Å². The molecule has 0 saturated heterocycles. The lowest BCUT2D eigenvalue weighted by molar-refractivity contribution is -0.121. The highest BCUT2D eigenvalue weighted by atomic mass is 16.5. The van der Waals surface area contributed by atoms with E-state index in [1.165, 1.54) is 0 Å². The Morgan fingerprint density at radius 2 is 1.58 bits per heavy atom. The van der Waals surface area contributed by atoms with Crippen LogP contribution in [0.3, 0.4) is 0 Å². The Kier molecular flexibility index (Phi) is 6.49. The Morgan fingerprint density at radius 1 is 0.917 bits per heavy atom. The number of ether oxygens (including phenoxy) is 3. The highest BCUT2D eigenvalue weighted by Crippen LogP contribution is 2.25. The van der Waals surface area contributed by atoms with E-state index in [1.54, 1.807) is 21.3 Å². The molecule has 0 bridgehead atoms. The second-order valence-corrected chi connectivity index (χ2v) is 5.30. The second-order valence-electron chi connectivity index (χ2n) is 5.30. The Hall–Kier alpha value is -2.69. The molecule has 0 aliphatic heterocycles. The first-order valence-corrected chi connectivity index (χ1v) is 7.76. The van der Waals surface area contributed by atoms with Crippen LogP contribution in [0.5, 0.6) is 17.2 Å². The minimum Gasteiger partial charge on any atom is -0.497 e. The predicted octanol–water partition coefficient (Wildman–Crippen LogP) is 2.96. The fourth-order valence-electron chi connectivity index (χ4n) is 2.36. The van der Waals surface area contributed by atoms with E-state index in [4.69, 9.17) is 14.2 Å². The molecule has 0 fully saturated rings. The Labute approximate surface area is 142 Å². The van der Waals surface area contributed by atoms with Crippen molar-refractivity contribution in [3.8, 4) is 17.2 Å². The maximum atomic E-state index is 12.1. The molecule has 0 aromatic heterocycles. The molecule has 0 aliphatic rings. The molecule has 128 valence electrons. The summed E-state index contributed by atoms with van der Waals surface area (Å²) in [6.45, 7) is 0.498. The highest BCUT2D eigenvalue weighted by Gasteiger charge is 2.08. The van der Waals surface area contributed by atoms with Gasteiger partial charge in [-0.3, -0.25) is 4.79 Å². The molecule has 0 spiro atoms. The van der Waals surface area contributed by atoms with Crippen molar-refractivity contribution >= 4 is 5.91 Å². The minimum atomic E-state index is -0.00399. The van der Waals surface area contributed by atoms with Crippen molar-refractivity contribution in [2.75, 3.05) is 21.3 Å². The number of carbonyl (C=O) groups is 1. The third-order valence-electron chi connectivity index (χ3n) is 3.76. The van der Waals surface area contributed by atoms with Gasteiger partial charge in [0.05, 0.1) is 21.3 Å². The fourth-order valence-corrected chi connectivity index (χ4v) is 2.36. The van der Waals surface area contributed by atoms with Crippen molar-refractivity contribution in [2.45, 2.75) is 19.4 Å². The standard InChI is InChI=1S/C19H23NO4/c1-22-16-7-4-14(5-8-16)13-20-19(21)11-6-15-12-17(23-2)9-10-18(15)24-3/h4-5,7-10,12H,6,11,13H2,1-3H3,(H,20,21). The number of aryl methyl sites for hydroxylation is 1. The van der Waals surface area contributed by atoms with Crippen LogP contribution in [-0.2, 0) is 17.8 Å². The van der Waals surface area contributed by atoms with Crippen molar-refractivity contribution < 1.29 is 19.0 Å². The second kappa shape index (κ2) is 8.82. The number of hydrogen-bond acceptors (Lipinski definition) is 4. The third-order valence-corrected chi connectivity index (χ3v) is 3.76. The summed E-state index contributed by atoms with van der Waals surface area (Å²) in [6, 6.07) is 13.2. The first-order chi connectivity index (χ1) is 11.7. The van der Waals surface area contributed by atoms with Crippen molar-refractivity contribution in [2.24, 2.45) is 0 Å². The number of rotatable bonds is 8. The summed E-state index contributed by atoms with van der Waals surface area (Å²) in [5, 5.41) is 2.92. The first kappa shape index (κ1) is 17.7. The molecule has 2 aromatic rings. The summed E-state index contributed by atoms with van der Waals surface area (Å²) in [4.78, 5) is 12.1. The highest BCUT2D eigenvalue weighted by molar-refractivity contribution is 5.76. The predicted molar refractivity (Wildman–Crippen MR) is 92.7 cm³/mol. The normalized spacial score (nSPS) is 10.1. The van der Waals surface area contributed by atoms with Crippen LogP contribution in [0.25, 0.3) is 0 Å². The van der Waals surface area contributed by atoms with E-state index >= 15 is 0 Å². The van der Waals surface area contributed by atoms with Gasteiger partial charge in [-0.05, 0) is 47.9 Å². The molecule has 0 heterocycles. The molecule has 2 rings (SSSR count). The SMILES string of the molecule is COc1ccc(CNC(=O)CCc2cc(OC)ccc2OC)cc1. The summed E-state index contributed by atoms with van der Waals surface area (Å²) in [7, 11) is 4.87. The van der Waals surface area contributed by atoms with E-state index in [0.29, 0.717) is 19.4 Å². The zero-order valence-electron chi connectivity index (χ0n) is 14.3. The summed E-state index contributed by atoms with van der Waals surface area (Å²) in [5.74, 6) is 2.31. The summed E-state index contributed by atoms with van der Waals surface area (Å²) < 4.78 is 15.7. The lowest BCUT2D eigenvalue weighted by Crippen LogP contribution is -2.23. The summed E-state index contributed by atoms with van der Waals surface area (Å²) >= 11 is 0. The van der Waals surface area contributed by atoms with Gasteiger partial charge in [-0.15, -0.1) is 0 Å². The van der Waals surface area contributed by atoms with Crippen molar-refractivity contribution in [1.82, 2.24) is 5.32 Å². The van der Waals surface area contributed by atoms with Gasteiger partial charge in [0.15, 0.2) is 0 Å². The number of amides is 1. The molecule has 1 N–H and O–H groups in total. The molecule has 5 nitrogen and oxygen atoms in total. The molecular weight excluding hydrogens is 306 g/mol. The Bertz CT molecular complexity index is 668. The maximum Gasteiger partial charge on any atom is 0.220 e. The Morgan fingerprint density at radius 3 is 2.21 bits per heavy atom. The topological polar surface area (TPSA) is 56.8 Å². The monoisotopic (exact) mass is 329 g/mol. The lowest BCUT2D eigenvalue weighted by Gasteiger charge is -2.11. The molecule has 2 aromatic carbocycles. The average Bonchev–Trinajstić information content (AvgIpc) is 2.64. The van der Waals surface area contributed by atoms with Crippen molar-refractivity contribution in [3.05, 3.63) is 53.6 Å². The minimum absolute atomic E-state index is 0.00399. The van der Waals surface area contributed by atoms with Gasteiger partial charge in [0.2, 0.25) is 5.91 Å². The zero-order chi connectivity index (χ0) is 17.4. The smallest absolute Gasteiger partial charge is 0.220 e. The van der Waals surface area contributed by atoms with Gasteiger partial charge in [-0.1, -0.05) is 12.1 Å². The summed E-state index contributed by atoms with van der Waals surface area (Å²) in [6.07, 6.45) is 0.981. The molecule has 0 radical (unpaired) electrons. The molecule has 24 heavy (non-hydrogen) atoms. The number of hydrogen-bond donors (Lipinski definition) is 1. The van der Waals surface area contributed by atoms with E-state index < -0.39 is 0 Å². The van der Waals surface area contributed by atoms with Gasteiger partial charge in [0.25, 0.3) is 0 Å². The van der Waals surface area contributed by atoms with E-state index in [2.05, 4.69) is 5.32 Å². The van der Waals surface area contributed by atoms with Crippen LogP contribution in [0, 0.1) is 0 Å². The molecule has 1 amide bonds. The molecular formula is C19H23NO4. The number of carbonyl (C=O) groups excluding carboxylic acids is 1. The summed E-state index contributed by atoms with van der Waals surface area (Å²) in [5.41, 5.74) is 1.99. The van der Waals surface area contributed by atoms with Crippen molar-refractivity contribution in [1.29, 1.82) is 0 Å². The lowest BCUT2D eigenvalue weighted by atomic mass is 10.1. The number of nitrogens with one attached hydrogen (secondary N) is 1. The van der Waals surface area contributed by atoms with Crippen LogP contribution in [0.1, 0.15) is 17.5 Å². The van der Waals surface area contributed by atoms with Crippen LogP contribution in [0.4, 0.5) is 0 Å². The van der Waals surface area contributed by atoms with E-state index in [-0.39, 0.29) is 5.91 Å². The Balaban J connectivity index is 1.86. The maximum absolute atomic E-state index is 12.1. The molecule has 0 unspecified atom stereocenters. The molecule has 5 heteroatoms. The fraction of sp³-hybridized carbons (Fsp3) is 0.316. The van der Waals surface area contributed by atoms with E-state index in [1.807, 2.05) is 42.5 Å². The average molecular weight is 329 g/mol. The van der Waals surface area contributed by atoms with E-state index in [0.717, 1.165) is 28.4 Å². The third kappa shape index (κ3) is 4.91. The van der Waals surface area contributed by atoms with Crippen LogP contribution in [0.2, 0.25) is 0 Å². The molecule has 0 aliphatic carbocycles. The zero-order valence-corrected chi connectivity index (χ0v) is 14.3. The first-order valence-electron chi connectivity index (χ1n) is 7.76. The van der Waals surface area contributed by atoms with Crippen LogP contribution >= 0.6 is 0 Å². The number of benzene rings is 2. The van der Waals surface area contributed by atoms with Crippen LogP contribution in [0.15, 0.2) is 42.5 Å². The van der Waals surface area contributed by atoms with Crippen molar-refractivity contribution in [3.63, 3.8) is 0 Å². The van der Waals surface area contributed by atoms with Gasteiger partial charge in [0, 0.05) is 13.0 Å². The molecule has 0 saturated carbocycles. The van der Waals surface area contributed by atoms with Crippen LogP contribution < -0.4 is 19.5 Å². The van der Waals surface area contributed by atoms with Gasteiger partial charge in [-0.2, -0.15) is 0 Å². The van der Waals surface area contributed by atoms with Gasteiger partial charge >= 0.3 is 0 Å². The van der Waals surface area contributed by atoms with Gasteiger partial charge in [-0.25, -0.2) is 0 Å². The van der Waals surface area contributed by atoms with Gasteiger partial charge in [0.1, 0.15) is 17.2 Å². The quantitative estimate of drug-likeness (QED) is 0.809. The number of methoxy groups -OCH3 is 3. The van der Waals surface area contributed by atoms with Crippen LogP contribution in [-0.4, -0.2) is 27.2 Å².